The molecule has 1 saturated carbocycles. The molecule has 2 aromatic rings. The second-order valence-electron chi connectivity index (χ2n) is 7.51. The lowest BCUT2D eigenvalue weighted by atomic mass is 10.0. The predicted octanol–water partition coefficient (Wildman–Crippen LogP) is 2.58. The number of hydrogen-bond acceptors (Lipinski definition) is 3. The molecular weight excluding hydrogens is 314 g/mol. The van der Waals surface area contributed by atoms with Crippen LogP contribution in [-0.2, 0) is 13.0 Å². The van der Waals surface area contributed by atoms with Gasteiger partial charge in [0.05, 0.1) is 11.7 Å². The van der Waals surface area contributed by atoms with Crippen LogP contribution in [0.25, 0.3) is 0 Å². The number of carbonyl (C=O) groups excluding carboxylic acids is 1. The first-order chi connectivity index (χ1) is 12.3. The van der Waals surface area contributed by atoms with Gasteiger partial charge in [0.2, 0.25) is 0 Å². The van der Waals surface area contributed by atoms with E-state index in [2.05, 4.69) is 40.8 Å². The number of carbonyl (C=O) groups is 1. The SMILES string of the molecule is O=C(N1CCc2ccccc2C1)N1CCC(n2cc(C3CC3)nn2)C1. The average molecular weight is 337 g/mol. The summed E-state index contributed by atoms with van der Waals surface area (Å²) in [5.74, 6) is 0.626. The lowest BCUT2D eigenvalue weighted by Gasteiger charge is -2.32. The van der Waals surface area contributed by atoms with Crippen LogP contribution in [0.1, 0.15) is 48.0 Å². The lowest BCUT2D eigenvalue weighted by molar-refractivity contribution is 0.155. The quantitative estimate of drug-likeness (QED) is 0.846. The summed E-state index contributed by atoms with van der Waals surface area (Å²) in [6.45, 7) is 3.09. The standard InChI is InChI=1S/C19H23N5O/c25-19(22-9-7-14-3-1-2-4-16(14)11-22)23-10-8-17(12-23)24-13-18(20-21-24)15-5-6-15/h1-4,13,15,17H,5-12H2. The Hall–Kier alpha value is -2.37. The second kappa shape index (κ2) is 5.86. The zero-order valence-corrected chi connectivity index (χ0v) is 14.3. The maximum atomic E-state index is 12.9. The molecule has 1 atom stereocenters. The molecule has 2 aliphatic heterocycles. The van der Waals surface area contributed by atoms with Crippen LogP contribution < -0.4 is 0 Å². The molecule has 5 rings (SSSR count). The van der Waals surface area contributed by atoms with Crippen molar-refractivity contribution >= 4 is 6.03 Å². The first-order valence-electron chi connectivity index (χ1n) is 9.30. The largest absolute Gasteiger partial charge is 0.322 e. The zero-order chi connectivity index (χ0) is 16.8. The van der Waals surface area contributed by atoms with E-state index >= 15 is 0 Å². The smallest absolute Gasteiger partial charge is 0.320 e. The van der Waals surface area contributed by atoms with Crippen molar-refractivity contribution in [1.82, 2.24) is 24.8 Å². The fourth-order valence-electron chi connectivity index (χ4n) is 4.03. The molecule has 0 radical (unpaired) electrons. The van der Waals surface area contributed by atoms with Crippen LogP contribution in [0, 0.1) is 0 Å². The first kappa shape index (κ1) is 14.9. The highest BCUT2D eigenvalue weighted by atomic mass is 16.2. The average Bonchev–Trinajstić information content (AvgIpc) is 3.19. The topological polar surface area (TPSA) is 54.3 Å². The van der Waals surface area contributed by atoms with E-state index in [0.29, 0.717) is 5.92 Å². The minimum absolute atomic E-state index is 0.166. The van der Waals surface area contributed by atoms with Crippen molar-refractivity contribution < 1.29 is 4.79 Å². The van der Waals surface area contributed by atoms with Gasteiger partial charge in [-0.05, 0) is 36.8 Å². The molecule has 130 valence electrons. The number of nitrogens with zero attached hydrogens (tertiary/aromatic N) is 5. The third-order valence-corrected chi connectivity index (χ3v) is 5.73. The number of benzene rings is 1. The molecule has 3 heterocycles. The summed E-state index contributed by atoms with van der Waals surface area (Å²) in [5, 5.41) is 8.62. The number of aromatic nitrogens is 3. The summed E-state index contributed by atoms with van der Waals surface area (Å²) in [7, 11) is 0. The molecule has 1 unspecified atom stereocenters. The summed E-state index contributed by atoms with van der Waals surface area (Å²) >= 11 is 0. The molecular formula is C19H23N5O. The minimum atomic E-state index is 0.166. The van der Waals surface area contributed by atoms with Crippen LogP contribution in [0.5, 0.6) is 0 Å². The molecule has 1 saturated heterocycles. The molecule has 1 aliphatic carbocycles. The van der Waals surface area contributed by atoms with Gasteiger partial charge in [-0.25, -0.2) is 9.48 Å². The summed E-state index contributed by atoms with van der Waals surface area (Å²) in [6.07, 6.45) is 6.49. The van der Waals surface area contributed by atoms with Crippen LogP contribution in [0.2, 0.25) is 0 Å². The summed E-state index contributed by atoms with van der Waals surface area (Å²) in [4.78, 5) is 16.9. The molecule has 0 bridgehead atoms. The van der Waals surface area contributed by atoms with Crippen molar-refractivity contribution in [2.24, 2.45) is 0 Å². The van der Waals surface area contributed by atoms with Gasteiger partial charge in [0.15, 0.2) is 0 Å². The van der Waals surface area contributed by atoms with Gasteiger partial charge < -0.3 is 9.80 Å². The fraction of sp³-hybridized carbons (Fsp3) is 0.526. The maximum Gasteiger partial charge on any atom is 0.320 e. The molecule has 2 fully saturated rings. The monoisotopic (exact) mass is 337 g/mol. The third-order valence-electron chi connectivity index (χ3n) is 5.73. The number of fused-ring (bicyclic) bond motifs is 1. The van der Waals surface area contributed by atoms with E-state index < -0.39 is 0 Å². The molecule has 0 spiro atoms. The van der Waals surface area contributed by atoms with Gasteiger partial charge in [0.1, 0.15) is 0 Å². The normalized spacial score (nSPS) is 23.0. The van der Waals surface area contributed by atoms with Crippen molar-refractivity contribution in [3.8, 4) is 0 Å². The Labute approximate surface area is 147 Å². The number of urea groups is 1. The highest BCUT2D eigenvalue weighted by molar-refractivity contribution is 5.75. The van der Waals surface area contributed by atoms with E-state index in [-0.39, 0.29) is 12.1 Å². The Bertz CT molecular complexity index is 797. The van der Waals surface area contributed by atoms with Gasteiger partial charge in [0, 0.05) is 38.3 Å². The zero-order valence-electron chi connectivity index (χ0n) is 14.3. The maximum absolute atomic E-state index is 12.9. The van der Waals surface area contributed by atoms with Gasteiger partial charge in [-0.3, -0.25) is 0 Å². The number of rotatable bonds is 2. The Morgan fingerprint density at radius 2 is 1.88 bits per heavy atom. The third kappa shape index (κ3) is 2.79. The van der Waals surface area contributed by atoms with E-state index in [0.717, 1.165) is 44.7 Å². The Balaban J connectivity index is 1.24. The van der Waals surface area contributed by atoms with Crippen LogP contribution in [0.15, 0.2) is 30.5 Å². The molecule has 6 nitrogen and oxygen atoms in total. The van der Waals surface area contributed by atoms with Gasteiger partial charge in [-0.1, -0.05) is 29.5 Å². The predicted molar refractivity (Wildman–Crippen MR) is 93.2 cm³/mol. The van der Waals surface area contributed by atoms with Crippen molar-refractivity contribution in [3.05, 3.63) is 47.3 Å². The molecule has 0 N–H and O–H groups in total. The van der Waals surface area contributed by atoms with E-state index in [9.17, 15) is 4.79 Å². The van der Waals surface area contributed by atoms with Crippen molar-refractivity contribution in [2.75, 3.05) is 19.6 Å². The highest BCUT2D eigenvalue weighted by Crippen LogP contribution is 2.39. The van der Waals surface area contributed by atoms with Crippen LogP contribution >= 0.6 is 0 Å². The minimum Gasteiger partial charge on any atom is -0.322 e. The van der Waals surface area contributed by atoms with E-state index in [1.807, 2.05) is 14.5 Å². The van der Waals surface area contributed by atoms with Crippen LogP contribution in [0.4, 0.5) is 4.79 Å². The fourth-order valence-corrected chi connectivity index (χ4v) is 4.03. The molecule has 6 heteroatoms. The lowest BCUT2D eigenvalue weighted by Crippen LogP contribution is -2.44. The number of amides is 2. The van der Waals surface area contributed by atoms with Crippen LogP contribution in [-0.4, -0.2) is 50.5 Å². The van der Waals surface area contributed by atoms with Crippen LogP contribution in [0.3, 0.4) is 0 Å². The molecule has 1 aromatic carbocycles. The van der Waals surface area contributed by atoms with Gasteiger partial charge in [0.25, 0.3) is 0 Å². The molecule has 1 aromatic heterocycles. The van der Waals surface area contributed by atoms with Crippen molar-refractivity contribution in [1.29, 1.82) is 0 Å². The summed E-state index contributed by atoms with van der Waals surface area (Å²) in [5.41, 5.74) is 3.78. The summed E-state index contributed by atoms with van der Waals surface area (Å²) in [6, 6.07) is 8.87. The van der Waals surface area contributed by atoms with Gasteiger partial charge in [-0.15, -0.1) is 5.10 Å². The Morgan fingerprint density at radius 1 is 1.04 bits per heavy atom. The number of likely N-dealkylation sites (tertiary alicyclic amines) is 1. The molecule has 2 amide bonds. The Kier molecular flexibility index (Phi) is 3.50. The Morgan fingerprint density at radius 3 is 2.72 bits per heavy atom. The van der Waals surface area contributed by atoms with E-state index in [4.69, 9.17) is 0 Å². The van der Waals surface area contributed by atoms with Crippen molar-refractivity contribution in [3.63, 3.8) is 0 Å². The van der Waals surface area contributed by atoms with E-state index in [1.165, 1.54) is 24.0 Å². The first-order valence-corrected chi connectivity index (χ1v) is 9.30. The van der Waals surface area contributed by atoms with Gasteiger partial charge in [-0.2, -0.15) is 0 Å². The molecule has 3 aliphatic rings. The second-order valence-corrected chi connectivity index (χ2v) is 7.51. The number of hydrogen-bond donors (Lipinski definition) is 0. The highest BCUT2D eigenvalue weighted by Gasteiger charge is 2.33. The molecule has 25 heavy (non-hydrogen) atoms. The van der Waals surface area contributed by atoms with E-state index in [1.54, 1.807) is 0 Å². The summed E-state index contributed by atoms with van der Waals surface area (Å²) < 4.78 is 1.98. The van der Waals surface area contributed by atoms with Crippen molar-refractivity contribution in [2.45, 2.75) is 44.2 Å². The van der Waals surface area contributed by atoms with Gasteiger partial charge >= 0.3 is 6.03 Å².